The van der Waals surface area contributed by atoms with Crippen molar-refractivity contribution in [2.24, 2.45) is 11.8 Å². The first-order valence-electron chi connectivity index (χ1n) is 15.8. The summed E-state index contributed by atoms with van der Waals surface area (Å²) in [6.07, 6.45) is -2.80. The third-order valence-corrected chi connectivity index (χ3v) is 9.71. The molecule has 0 bridgehead atoms. The normalized spacial score (nSPS) is 24.0. The van der Waals surface area contributed by atoms with E-state index in [4.69, 9.17) is 4.74 Å². The number of piperidine rings is 2. The Morgan fingerprint density at radius 2 is 1.64 bits per heavy atom. The lowest BCUT2D eigenvalue weighted by Gasteiger charge is -2.39. The van der Waals surface area contributed by atoms with E-state index in [0.717, 1.165) is 17.2 Å². The number of ether oxygens (including phenoxy) is 1. The zero-order valence-electron chi connectivity index (χ0n) is 26.2. The summed E-state index contributed by atoms with van der Waals surface area (Å²) in [7, 11) is 1.57. The maximum atomic E-state index is 17.1. The zero-order valence-corrected chi connectivity index (χ0v) is 26.2. The van der Waals surface area contributed by atoms with Crippen LogP contribution in [0.3, 0.4) is 0 Å². The van der Waals surface area contributed by atoms with E-state index < -0.39 is 41.1 Å². The fraction of sp³-hybridized carbons (Fsp3) is 0.588. The van der Waals surface area contributed by atoms with E-state index in [9.17, 15) is 27.9 Å². The van der Waals surface area contributed by atoms with Crippen LogP contribution in [0, 0.1) is 11.8 Å². The van der Waals surface area contributed by atoms with Crippen molar-refractivity contribution in [2.45, 2.75) is 63.2 Å². The molecule has 246 valence electrons. The fourth-order valence-electron chi connectivity index (χ4n) is 7.34. The molecule has 7 nitrogen and oxygen atoms in total. The summed E-state index contributed by atoms with van der Waals surface area (Å²) >= 11 is 0. The molecule has 3 fully saturated rings. The molecular weight excluding hydrogens is 590 g/mol. The molecule has 0 spiro atoms. The van der Waals surface area contributed by atoms with Gasteiger partial charge in [0, 0.05) is 57.4 Å². The number of hydrogen-bond acceptors (Lipinski definition) is 5. The van der Waals surface area contributed by atoms with Crippen LogP contribution in [0.15, 0.2) is 42.5 Å². The number of carboxylic acids is 1. The van der Waals surface area contributed by atoms with Crippen molar-refractivity contribution in [2.75, 3.05) is 57.8 Å². The highest BCUT2D eigenvalue weighted by molar-refractivity contribution is 5.87. The third-order valence-electron chi connectivity index (χ3n) is 9.71. The fourth-order valence-corrected chi connectivity index (χ4v) is 7.34. The first kappa shape index (κ1) is 33.0. The molecule has 1 N–H and O–H groups in total. The van der Waals surface area contributed by atoms with Crippen molar-refractivity contribution >= 4 is 17.6 Å². The number of likely N-dealkylation sites (tertiary alicyclic amines) is 2. The van der Waals surface area contributed by atoms with E-state index in [2.05, 4.69) is 13.8 Å². The number of methoxy groups -OCH3 is 1. The van der Waals surface area contributed by atoms with Gasteiger partial charge in [-0.05, 0) is 72.9 Å². The Morgan fingerprint density at radius 1 is 1.00 bits per heavy atom. The molecule has 45 heavy (non-hydrogen) atoms. The van der Waals surface area contributed by atoms with Gasteiger partial charge in [-0.15, -0.1) is 0 Å². The molecule has 3 heterocycles. The SMILES string of the molecule is COc1ccc([C@@H]2CN(CC(C)C)C[C@@]2(F)C(=O)N2CCC(c3ccc(C(F)(F)F)cc3N3CCC(C(=O)O)CC3)CC2)cc1. The molecule has 0 radical (unpaired) electrons. The predicted octanol–water partition coefficient (Wildman–Crippen LogP) is 6.18. The monoisotopic (exact) mass is 633 g/mol. The minimum atomic E-state index is -4.51. The van der Waals surface area contributed by atoms with Gasteiger partial charge < -0.3 is 19.6 Å². The molecule has 0 aromatic heterocycles. The number of carboxylic acid groups (broad SMARTS) is 1. The zero-order chi connectivity index (χ0) is 32.5. The van der Waals surface area contributed by atoms with Crippen LogP contribution in [0.4, 0.5) is 23.2 Å². The molecular formula is C34H43F4N3O4. The minimum Gasteiger partial charge on any atom is -0.497 e. The van der Waals surface area contributed by atoms with Crippen molar-refractivity contribution < 1.29 is 37.0 Å². The molecule has 5 rings (SSSR count). The Labute approximate surface area is 262 Å². The summed E-state index contributed by atoms with van der Waals surface area (Å²) < 4.78 is 63.5. The van der Waals surface area contributed by atoms with Gasteiger partial charge in [-0.2, -0.15) is 13.2 Å². The second kappa shape index (κ2) is 13.2. The highest BCUT2D eigenvalue weighted by Crippen LogP contribution is 2.44. The number of carbonyl (C=O) groups is 2. The molecule has 1 amide bonds. The van der Waals surface area contributed by atoms with E-state index in [0.29, 0.717) is 82.3 Å². The molecule has 0 unspecified atom stereocenters. The minimum absolute atomic E-state index is 0.00991. The summed E-state index contributed by atoms with van der Waals surface area (Å²) in [4.78, 5) is 30.9. The Hall–Kier alpha value is -3.34. The van der Waals surface area contributed by atoms with Crippen LogP contribution < -0.4 is 9.64 Å². The number of hydrogen-bond donors (Lipinski definition) is 1. The highest BCUT2D eigenvalue weighted by atomic mass is 19.4. The number of anilines is 1. The summed E-state index contributed by atoms with van der Waals surface area (Å²) in [6, 6.07) is 11.0. The van der Waals surface area contributed by atoms with Gasteiger partial charge in [-0.1, -0.05) is 32.0 Å². The molecule has 11 heteroatoms. The summed E-state index contributed by atoms with van der Waals surface area (Å²) in [5.41, 5.74) is -0.872. The average molecular weight is 634 g/mol. The largest absolute Gasteiger partial charge is 0.497 e. The smallest absolute Gasteiger partial charge is 0.416 e. The number of amides is 1. The number of benzene rings is 2. The van der Waals surface area contributed by atoms with E-state index in [1.165, 1.54) is 12.1 Å². The molecule has 0 saturated carbocycles. The number of carbonyl (C=O) groups excluding carboxylic acids is 1. The Balaban J connectivity index is 1.34. The number of halogens is 4. The van der Waals surface area contributed by atoms with Gasteiger partial charge in [0.2, 0.25) is 5.67 Å². The molecule has 3 aliphatic rings. The highest BCUT2D eigenvalue weighted by Gasteiger charge is 2.55. The average Bonchev–Trinajstić information content (AvgIpc) is 3.36. The summed E-state index contributed by atoms with van der Waals surface area (Å²) in [6.45, 7) is 6.56. The lowest BCUT2D eigenvalue weighted by atomic mass is 9.83. The first-order chi connectivity index (χ1) is 21.3. The van der Waals surface area contributed by atoms with Gasteiger partial charge in [-0.3, -0.25) is 14.5 Å². The van der Waals surface area contributed by atoms with Crippen molar-refractivity contribution in [3.8, 4) is 5.75 Å². The molecule has 2 atom stereocenters. The van der Waals surface area contributed by atoms with E-state index in [1.807, 2.05) is 21.9 Å². The Morgan fingerprint density at radius 3 is 2.20 bits per heavy atom. The Kier molecular flexibility index (Phi) is 9.68. The van der Waals surface area contributed by atoms with Gasteiger partial charge in [0.15, 0.2) is 0 Å². The van der Waals surface area contributed by atoms with Gasteiger partial charge in [0.25, 0.3) is 5.91 Å². The predicted molar refractivity (Wildman–Crippen MR) is 163 cm³/mol. The molecule has 0 aliphatic carbocycles. The lowest BCUT2D eigenvalue weighted by Crippen LogP contribution is -2.52. The second-order valence-electron chi connectivity index (χ2n) is 13.2. The van der Waals surface area contributed by atoms with Crippen LogP contribution in [0.25, 0.3) is 0 Å². The number of alkyl halides is 4. The van der Waals surface area contributed by atoms with Crippen LogP contribution in [-0.2, 0) is 15.8 Å². The van der Waals surface area contributed by atoms with E-state index in [1.54, 1.807) is 24.1 Å². The van der Waals surface area contributed by atoms with E-state index in [-0.39, 0.29) is 12.5 Å². The third kappa shape index (κ3) is 7.08. The van der Waals surface area contributed by atoms with Crippen molar-refractivity contribution in [1.82, 2.24) is 9.80 Å². The Bertz CT molecular complexity index is 1350. The van der Waals surface area contributed by atoms with Crippen LogP contribution >= 0.6 is 0 Å². The van der Waals surface area contributed by atoms with Crippen LogP contribution in [0.2, 0.25) is 0 Å². The molecule has 3 saturated heterocycles. The summed E-state index contributed by atoms with van der Waals surface area (Å²) in [5.74, 6) is -1.71. The van der Waals surface area contributed by atoms with Crippen molar-refractivity contribution in [1.29, 1.82) is 0 Å². The standard InChI is InChI=1S/C34H43F4N3O4/c1-22(2)19-39-20-29(24-4-7-27(45-3)8-5-24)33(35,21-39)32(44)41-16-10-23(11-17-41)28-9-6-26(34(36,37)38)18-30(28)40-14-12-25(13-15-40)31(42)43/h4-9,18,22-23,25,29H,10-17,19-21H2,1-3H3,(H,42,43)/t29-,33-/m0/s1. The topological polar surface area (TPSA) is 73.3 Å². The quantitative estimate of drug-likeness (QED) is 0.350. The summed E-state index contributed by atoms with van der Waals surface area (Å²) in [5, 5.41) is 9.39. The van der Waals surface area contributed by atoms with Crippen molar-refractivity contribution in [3.63, 3.8) is 0 Å². The molecule has 2 aromatic rings. The number of nitrogens with zero attached hydrogens (tertiary/aromatic N) is 3. The van der Waals surface area contributed by atoms with Gasteiger partial charge in [-0.25, -0.2) is 4.39 Å². The van der Waals surface area contributed by atoms with Gasteiger partial charge >= 0.3 is 12.1 Å². The number of aliphatic carboxylic acids is 1. The maximum absolute atomic E-state index is 17.1. The van der Waals surface area contributed by atoms with Gasteiger partial charge in [0.1, 0.15) is 5.75 Å². The van der Waals surface area contributed by atoms with E-state index >= 15 is 4.39 Å². The molecule has 2 aromatic carbocycles. The maximum Gasteiger partial charge on any atom is 0.416 e. The van der Waals surface area contributed by atoms with Crippen LogP contribution in [-0.4, -0.2) is 85.4 Å². The van der Waals surface area contributed by atoms with Gasteiger partial charge in [0.05, 0.1) is 18.6 Å². The first-order valence-corrected chi connectivity index (χ1v) is 15.8. The lowest BCUT2D eigenvalue weighted by molar-refractivity contribution is -0.145. The molecule has 3 aliphatic heterocycles. The van der Waals surface area contributed by atoms with Crippen molar-refractivity contribution in [3.05, 3.63) is 59.2 Å². The van der Waals surface area contributed by atoms with Crippen LogP contribution in [0.1, 0.15) is 68.1 Å². The number of rotatable bonds is 8. The second-order valence-corrected chi connectivity index (χ2v) is 13.2. The van der Waals surface area contributed by atoms with Crippen LogP contribution in [0.5, 0.6) is 5.75 Å².